The van der Waals surface area contributed by atoms with Gasteiger partial charge in [-0.2, -0.15) is 0 Å². The Bertz CT molecular complexity index is 720. The van der Waals surface area contributed by atoms with E-state index in [1.807, 2.05) is 49.1 Å². The zero-order valence-electron chi connectivity index (χ0n) is 15.6. The molecule has 3 rings (SSSR count). The van der Waals surface area contributed by atoms with Gasteiger partial charge in [-0.15, -0.1) is 0 Å². The minimum absolute atomic E-state index is 0.0954. The molecule has 1 amide bonds. The van der Waals surface area contributed by atoms with Crippen LogP contribution in [-0.2, 0) is 0 Å². The Kier molecular flexibility index (Phi) is 6.10. The van der Waals surface area contributed by atoms with E-state index in [-0.39, 0.29) is 12.0 Å². The van der Waals surface area contributed by atoms with Crippen LogP contribution in [0.2, 0.25) is 0 Å². The minimum atomic E-state index is 0.0954. The van der Waals surface area contributed by atoms with Gasteiger partial charge in [-0.3, -0.25) is 4.79 Å². The Hall–Kier alpha value is -2.56. The predicted octanol–water partition coefficient (Wildman–Crippen LogP) is 4.63. The van der Waals surface area contributed by atoms with Gasteiger partial charge in [-0.25, -0.2) is 4.98 Å². The number of likely N-dealkylation sites (tertiary alicyclic amines) is 1. The summed E-state index contributed by atoms with van der Waals surface area (Å²) in [6.07, 6.45) is 6.44. The van der Waals surface area contributed by atoms with E-state index >= 15 is 0 Å². The third-order valence-corrected chi connectivity index (χ3v) is 4.40. The van der Waals surface area contributed by atoms with Gasteiger partial charge in [-0.1, -0.05) is 12.8 Å². The van der Waals surface area contributed by atoms with Crippen molar-refractivity contribution in [2.75, 3.05) is 18.4 Å². The largest absolute Gasteiger partial charge is 0.491 e. The van der Waals surface area contributed by atoms with Gasteiger partial charge in [0.1, 0.15) is 11.6 Å². The van der Waals surface area contributed by atoms with Crippen LogP contribution in [0.5, 0.6) is 5.75 Å². The molecule has 1 aliphatic rings. The minimum Gasteiger partial charge on any atom is -0.491 e. The van der Waals surface area contributed by atoms with E-state index in [9.17, 15) is 4.79 Å². The first-order valence-electron chi connectivity index (χ1n) is 9.41. The number of aromatic nitrogens is 1. The molecule has 0 bridgehead atoms. The molecule has 0 atom stereocenters. The number of amides is 1. The molecule has 1 aromatic heterocycles. The van der Waals surface area contributed by atoms with Crippen LogP contribution in [-0.4, -0.2) is 35.0 Å². The van der Waals surface area contributed by atoms with Crippen molar-refractivity contribution in [3.8, 4) is 5.75 Å². The summed E-state index contributed by atoms with van der Waals surface area (Å²) in [5.74, 6) is 1.60. The summed E-state index contributed by atoms with van der Waals surface area (Å²) < 4.78 is 5.65. The van der Waals surface area contributed by atoms with Gasteiger partial charge in [-0.05, 0) is 63.1 Å². The fourth-order valence-electron chi connectivity index (χ4n) is 3.13. The van der Waals surface area contributed by atoms with Gasteiger partial charge in [0.2, 0.25) is 0 Å². The van der Waals surface area contributed by atoms with Gasteiger partial charge in [0.25, 0.3) is 5.91 Å². The second kappa shape index (κ2) is 8.70. The van der Waals surface area contributed by atoms with Gasteiger partial charge < -0.3 is 15.0 Å². The van der Waals surface area contributed by atoms with E-state index in [1.54, 1.807) is 12.3 Å². The molecule has 1 aromatic carbocycles. The molecule has 138 valence electrons. The highest BCUT2D eigenvalue weighted by Crippen LogP contribution is 2.21. The molecule has 0 saturated carbocycles. The second-order valence-electron chi connectivity index (χ2n) is 6.95. The molecule has 5 heteroatoms. The first kappa shape index (κ1) is 18.2. The van der Waals surface area contributed by atoms with Crippen LogP contribution in [0.1, 0.15) is 49.9 Å². The lowest BCUT2D eigenvalue weighted by molar-refractivity contribution is 0.0761. The highest BCUT2D eigenvalue weighted by atomic mass is 16.5. The zero-order chi connectivity index (χ0) is 18.4. The molecule has 5 nitrogen and oxygen atoms in total. The maximum atomic E-state index is 12.8. The van der Waals surface area contributed by atoms with Crippen molar-refractivity contribution in [2.24, 2.45) is 0 Å². The maximum absolute atomic E-state index is 12.8. The van der Waals surface area contributed by atoms with Crippen LogP contribution in [0, 0.1) is 0 Å². The molecule has 0 aliphatic carbocycles. The number of nitrogens with zero attached hydrogens (tertiary/aromatic N) is 2. The van der Waals surface area contributed by atoms with Crippen molar-refractivity contribution in [1.29, 1.82) is 0 Å². The molecule has 0 spiro atoms. The van der Waals surface area contributed by atoms with Crippen LogP contribution in [0.3, 0.4) is 0 Å². The average molecular weight is 353 g/mol. The molecule has 2 aromatic rings. The van der Waals surface area contributed by atoms with Crippen LogP contribution in [0.4, 0.5) is 11.5 Å². The normalized spacial score (nSPS) is 14.8. The van der Waals surface area contributed by atoms with E-state index in [0.717, 1.165) is 37.4 Å². The number of hydrogen-bond acceptors (Lipinski definition) is 4. The number of nitrogens with one attached hydrogen (secondary N) is 1. The number of benzene rings is 1. The number of pyridine rings is 1. The number of rotatable bonds is 5. The average Bonchev–Trinajstić information content (AvgIpc) is 2.92. The standard InChI is InChI=1S/C21H27N3O2/c1-16(2)26-19-9-7-18(8-10-19)23-20-15-17(11-12-22-20)21(25)24-13-5-3-4-6-14-24/h7-12,15-16H,3-6,13-14H2,1-2H3,(H,22,23). The molecule has 2 heterocycles. The van der Waals surface area contributed by atoms with Crippen molar-refractivity contribution in [3.63, 3.8) is 0 Å². The Balaban J connectivity index is 1.67. The SMILES string of the molecule is CC(C)Oc1ccc(Nc2cc(C(=O)N3CCCCCC3)ccn2)cc1. The number of carbonyl (C=O) groups excluding carboxylic acids is 1. The first-order valence-corrected chi connectivity index (χ1v) is 9.41. The topological polar surface area (TPSA) is 54.5 Å². The highest BCUT2D eigenvalue weighted by Gasteiger charge is 2.17. The number of anilines is 2. The molecular weight excluding hydrogens is 326 g/mol. The first-order chi connectivity index (χ1) is 12.6. The summed E-state index contributed by atoms with van der Waals surface area (Å²) in [5.41, 5.74) is 1.59. The summed E-state index contributed by atoms with van der Waals surface area (Å²) >= 11 is 0. The van der Waals surface area contributed by atoms with E-state index < -0.39 is 0 Å². The summed E-state index contributed by atoms with van der Waals surface area (Å²) in [6, 6.07) is 11.4. The van der Waals surface area contributed by atoms with E-state index in [1.165, 1.54) is 12.8 Å². The fourth-order valence-corrected chi connectivity index (χ4v) is 3.13. The Morgan fingerprint density at radius 2 is 1.77 bits per heavy atom. The zero-order valence-corrected chi connectivity index (χ0v) is 15.6. The third kappa shape index (κ3) is 4.97. The van der Waals surface area contributed by atoms with Crippen LogP contribution < -0.4 is 10.1 Å². The second-order valence-corrected chi connectivity index (χ2v) is 6.95. The van der Waals surface area contributed by atoms with Gasteiger partial charge >= 0.3 is 0 Å². The van der Waals surface area contributed by atoms with Crippen LogP contribution in [0.15, 0.2) is 42.6 Å². The van der Waals surface area contributed by atoms with E-state index in [4.69, 9.17) is 4.74 Å². The van der Waals surface area contributed by atoms with Crippen LogP contribution >= 0.6 is 0 Å². The molecule has 1 fully saturated rings. The quantitative estimate of drug-likeness (QED) is 0.851. The van der Waals surface area contributed by atoms with Gasteiger partial charge in [0, 0.05) is 30.5 Å². The Morgan fingerprint density at radius 1 is 1.08 bits per heavy atom. The number of hydrogen-bond donors (Lipinski definition) is 1. The number of ether oxygens (including phenoxy) is 1. The van der Waals surface area contributed by atoms with Crippen molar-refractivity contribution < 1.29 is 9.53 Å². The smallest absolute Gasteiger partial charge is 0.254 e. The Morgan fingerprint density at radius 3 is 2.42 bits per heavy atom. The van der Waals surface area contributed by atoms with Crippen molar-refractivity contribution >= 4 is 17.4 Å². The monoisotopic (exact) mass is 353 g/mol. The number of carbonyl (C=O) groups is 1. The fraction of sp³-hybridized carbons (Fsp3) is 0.429. The third-order valence-electron chi connectivity index (χ3n) is 4.40. The summed E-state index contributed by atoms with van der Waals surface area (Å²) in [7, 11) is 0. The maximum Gasteiger partial charge on any atom is 0.254 e. The molecule has 1 saturated heterocycles. The van der Waals surface area contributed by atoms with Crippen molar-refractivity contribution in [3.05, 3.63) is 48.2 Å². The summed E-state index contributed by atoms with van der Waals surface area (Å²) in [4.78, 5) is 19.1. The van der Waals surface area contributed by atoms with Crippen molar-refractivity contribution in [1.82, 2.24) is 9.88 Å². The molecule has 0 unspecified atom stereocenters. The van der Waals surface area contributed by atoms with Gasteiger partial charge in [0.05, 0.1) is 6.10 Å². The molecular formula is C21H27N3O2. The van der Waals surface area contributed by atoms with E-state index in [2.05, 4.69) is 10.3 Å². The predicted molar refractivity (Wildman–Crippen MR) is 104 cm³/mol. The lowest BCUT2D eigenvalue weighted by Gasteiger charge is -2.20. The molecule has 0 radical (unpaired) electrons. The molecule has 1 N–H and O–H groups in total. The Labute approximate surface area is 155 Å². The summed E-state index contributed by atoms with van der Waals surface area (Å²) in [6.45, 7) is 5.70. The highest BCUT2D eigenvalue weighted by molar-refractivity contribution is 5.95. The molecule has 26 heavy (non-hydrogen) atoms. The molecule has 1 aliphatic heterocycles. The van der Waals surface area contributed by atoms with Crippen LogP contribution in [0.25, 0.3) is 0 Å². The lowest BCUT2D eigenvalue weighted by atomic mass is 10.2. The van der Waals surface area contributed by atoms with E-state index in [0.29, 0.717) is 11.4 Å². The summed E-state index contributed by atoms with van der Waals surface area (Å²) in [5, 5.41) is 3.26. The van der Waals surface area contributed by atoms with Crippen molar-refractivity contribution in [2.45, 2.75) is 45.6 Å². The van der Waals surface area contributed by atoms with Gasteiger partial charge in [0.15, 0.2) is 0 Å². The lowest BCUT2D eigenvalue weighted by Crippen LogP contribution is -2.31.